The molecule has 0 radical (unpaired) electrons. The van der Waals surface area contributed by atoms with Gasteiger partial charge in [-0.1, -0.05) is 0 Å². The first-order valence-electron chi connectivity index (χ1n) is 8.19. The third kappa shape index (κ3) is 3.67. The molecule has 8 nitrogen and oxygen atoms in total. The average Bonchev–Trinajstić information content (AvgIpc) is 2.63. The molecule has 1 aliphatic rings. The van der Waals surface area contributed by atoms with Crippen molar-refractivity contribution in [3.8, 4) is 0 Å². The van der Waals surface area contributed by atoms with Gasteiger partial charge in [-0.25, -0.2) is 9.78 Å². The third-order valence-corrected chi connectivity index (χ3v) is 4.97. The number of piperazine rings is 1. The highest BCUT2D eigenvalue weighted by atomic mass is 79.9. The maximum atomic E-state index is 12.0. The van der Waals surface area contributed by atoms with E-state index in [0.717, 1.165) is 10.2 Å². The lowest BCUT2D eigenvalue weighted by Gasteiger charge is -2.40. The molecule has 0 aromatic carbocycles. The zero-order chi connectivity index (χ0) is 18.8. The summed E-state index contributed by atoms with van der Waals surface area (Å²) in [7, 11) is 1.78. The first-order chi connectivity index (χ1) is 12.4. The van der Waals surface area contributed by atoms with E-state index in [0.29, 0.717) is 31.1 Å². The maximum Gasteiger partial charge on any atom is 0.407 e. The van der Waals surface area contributed by atoms with Gasteiger partial charge in [0.05, 0.1) is 11.9 Å². The van der Waals surface area contributed by atoms with E-state index in [1.165, 1.54) is 4.90 Å². The van der Waals surface area contributed by atoms with Crippen LogP contribution in [0.4, 0.5) is 22.0 Å². The van der Waals surface area contributed by atoms with Crippen LogP contribution >= 0.6 is 15.9 Å². The molecular weight excluding hydrogens is 402 g/mol. The summed E-state index contributed by atoms with van der Waals surface area (Å²) in [5.74, 6) is 0.647. The smallest absolute Gasteiger partial charge is 0.407 e. The standard InChI is InChI=1S/C17H20BrN5O3/c1-11-10-22(17(25)26)5-6-23(11)13-3-4-15(19-9-13)21(2)14-7-12(18)8-20-16(14)24/h3-4,7-9,11H,5-6,10H2,1-2H3,(H,20,24)(H,25,26). The Morgan fingerprint density at radius 2 is 2.19 bits per heavy atom. The molecular formula is C17H20BrN5O3. The van der Waals surface area contributed by atoms with E-state index in [4.69, 9.17) is 5.11 Å². The summed E-state index contributed by atoms with van der Waals surface area (Å²) in [5.41, 5.74) is 1.23. The average molecular weight is 422 g/mol. The molecule has 3 rings (SSSR count). The van der Waals surface area contributed by atoms with Crippen LogP contribution in [0.1, 0.15) is 6.92 Å². The molecule has 1 saturated heterocycles. The van der Waals surface area contributed by atoms with Gasteiger partial charge in [0.15, 0.2) is 0 Å². The first-order valence-corrected chi connectivity index (χ1v) is 8.98. The Bertz CT molecular complexity index is 854. The number of hydrogen-bond donors (Lipinski definition) is 2. The highest BCUT2D eigenvalue weighted by Crippen LogP contribution is 2.25. The van der Waals surface area contributed by atoms with E-state index in [1.54, 1.807) is 30.4 Å². The van der Waals surface area contributed by atoms with Crippen LogP contribution in [0.3, 0.4) is 0 Å². The Balaban J connectivity index is 1.77. The molecule has 3 heterocycles. The Morgan fingerprint density at radius 3 is 2.81 bits per heavy atom. The quantitative estimate of drug-likeness (QED) is 0.790. The van der Waals surface area contributed by atoms with Gasteiger partial charge in [0.25, 0.3) is 5.56 Å². The van der Waals surface area contributed by atoms with Gasteiger partial charge in [-0.15, -0.1) is 0 Å². The van der Waals surface area contributed by atoms with Crippen molar-refractivity contribution in [1.29, 1.82) is 0 Å². The Kier molecular flexibility index (Phi) is 5.17. The van der Waals surface area contributed by atoms with Crippen molar-refractivity contribution in [2.24, 2.45) is 0 Å². The summed E-state index contributed by atoms with van der Waals surface area (Å²) in [6.07, 6.45) is 2.46. The summed E-state index contributed by atoms with van der Waals surface area (Å²) in [6.45, 7) is 3.55. The zero-order valence-corrected chi connectivity index (χ0v) is 16.1. The van der Waals surface area contributed by atoms with Crippen LogP contribution in [0.5, 0.6) is 0 Å². The van der Waals surface area contributed by atoms with Crippen LogP contribution in [0.2, 0.25) is 0 Å². The lowest BCUT2D eigenvalue weighted by molar-refractivity contribution is 0.136. The van der Waals surface area contributed by atoms with Crippen LogP contribution in [-0.4, -0.2) is 58.8 Å². The van der Waals surface area contributed by atoms with E-state index in [2.05, 4.69) is 30.8 Å². The number of aromatic amines is 1. The second-order valence-corrected chi connectivity index (χ2v) is 7.15. The van der Waals surface area contributed by atoms with Crippen molar-refractivity contribution in [3.05, 3.63) is 45.4 Å². The molecule has 1 fully saturated rings. The van der Waals surface area contributed by atoms with Crippen LogP contribution in [-0.2, 0) is 0 Å². The fourth-order valence-corrected chi connectivity index (χ4v) is 3.41. The van der Waals surface area contributed by atoms with Gasteiger partial charge in [-0.3, -0.25) is 4.79 Å². The van der Waals surface area contributed by atoms with Crippen molar-refractivity contribution in [1.82, 2.24) is 14.9 Å². The van der Waals surface area contributed by atoms with Crippen molar-refractivity contribution in [2.45, 2.75) is 13.0 Å². The van der Waals surface area contributed by atoms with E-state index in [-0.39, 0.29) is 11.6 Å². The molecule has 1 unspecified atom stereocenters. The fraction of sp³-hybridized carbons (Fsp3) is 0.353. The number of amides is 1. The van der Waals surface area contributed by atoms with Crippen molar-refractivity contribution >= 4 is 39.2 Å². The number of H-pyrrole nitrogens is 1. The minimum Gasteiger partial charge on any atom is -0.465 e. The second kappa shape index (κ2) is 7.36. The molecule has 138 valence electrons. The lowest BCUT2D eigenvalue weighted by Crippen LogP contribution is -2.53. The highest BCUT2D eigenvalue weighted by Gasteiger charge is 2.26. The predicted molar refractivity (Wildman–Crippen MR) is 103 cm³/mol. The minimum atomic E-state index is -0.883. The van der Waals surface area contributed by atoms with Gasteiger partial charge in [0.2, 0.25) is 0 Å². The molecule has 26 heavy (non-hydrogen) atoms. The molecule has 0 bridgehead atoms. The van der Waals surface area contributed by atoms with Gasteiger partial charge >= 0.3 is 6.09 Å². The van der Waals surface area contributed by atoms with E-state index >= 15 is 0 Å². The van der Waals surface area contributed by atoms with Gasteiger partial charge < -0.3 is 24.8 Å². The number of nitrogens with one attached hydrogen (secondary N) is 1. The van der Waals surface area contributed by atoms with Gasteiger partial charge in [-0.2, -0.15) is 0 Å². The summed E-state index contributed by atoms with van der Waals surface area (Å²) in [6, 6.07) is 5.60. The number of halogens is 1. The van der Waals surface area contributed by atoms with Crippen LogP contribution in [0, 0.1) is 0 Å². The number of nitrogens with zero attached hydrogens (tertiary/aromatic N) is 4. The van der Waals surface area contributed by atoms with Gasteiger partial charge in [0.1, 0.15) is 11.5 Å². The number of anilines is 3. The van der Waals surface area contributed by atoms with E-state index < -0.39 is 6.09 Å². The van der Waals surface area contributed by atoms with E-state index in [9.17, 15) is 9.59 Å². The topological polar surface area (TPSA) is 92.8 Å². The number of hydrogen-bond acceptors (Lipinski definition) is 5. The lowest BCUT2D eigenvalue weighted by atomic mass is 10.2. The molecule has 2 aromatic heterocycles. The van der Waals surface area contributed by atoms with Crippen molar-refractivity contribution in [2.75, 3.05) is 36.5 Å². The molecule has 1 amide bonds. The fourth-order valence-electron chi connectivity index (χ4n) is 3.08. The molecule has 0 saturated carbocycles. The van der Waals surface area contributed by atoms with Crippen LogP contribution in [0.25, 0.3) is 0 Å². The Hall–Kier alpha value is -2.55. The van der Waals surface area contributed by atoms with Crippen LogP contribution < -0.4 is 15.4 Å². The molecule has 1 aliphatic heterocycles. The van der Waals surface area contributed by atoms with E-state index in [1.807, 2.05) is 19.1 Å². The van der Waals surface area contributed by atoms with Crippen LogP contribution in [0.15, 0.2) is 39.9 Å². The van der Waals surface area contributed by atoms with Crippen molar-refractivity contribution in [3.63, 3.8) is 0 Å². The minimum absolute atomic E-state index is 0.0677. The summed E-state index contributed by atoms with van der Waals surface area (Å²) >= 11 is 3.35. The normalized spacial score (nSPS) is 17.3. The second-order valence-electron chi connectivity index (χ2n) is 6.24. The Labute approximate surface area is 159 Å². The number of carbonyl (C=O) groups is 1. The van der Waals surface area contributed by atoms with Gasteiger partial charge in [-0.05, 0) is 41.1 Å². The monoisotopic (exact) mass is 421 g/mol. The first kappa shape index (κ1) is 18.2. The molecule has 0 spiro atoms. The highest BCUT2D eigenvalue weighted by molar-refractivity contribution is 9.10. The summed E-state index contributed by atoms with van der Waals surface area (Å²) in [4.78, 5) is 35.6. The number of rotatable bonds is 3. The summed E-state index contributed by atoms with van der Waals surface area (Å²) in [5, 5.41) is 9.12. The molecule has 0 aliphatic carbocycles. The largest absolute Gasteiger partial charge is 0.465 e. The van der Waals surface area contributed by atoms with Gasteiger partial charge in [0, 0.05) is 43.4 Å². The summed E-state index contributed by atoms with van der Waals surface area (Å²) < 4.78 is 0.778. The third-order valence-electron chi connectivity index (χ3n) is 4.52. The Morgan fingerprint density at radius 1 is 1.42 bits per heavy atom. The maximum absolute atomic E-state index is 12.0. The molecule has 2 aromatic rings. The zero-order valence-electron chi connectivity index (χ0n) is 14.5. The SMILES string of the molecule is CC1CN(C(=O)O)CCN1c1ccc(N(C)c2cc(Br)c[nH]c2=O)nc1. The number of pyridine rings is 2. The molecule has 9 heteroatoms. The van der Waals surface area contributed by atoms with Crippen molar-refractivity contribution < 1.29 is 9.90 Å². The number of carboxylic acid groups (broad SMARTS) is 1. The molecule has 2 N–H and O–H groups in total. The molecule has 1 atom stereocenters. The predicted octanol–water partition coefficient (Wildman–Crippen LogP) is 2.49. The number of aromatic nitrogens is 2.